The number of thioether (sulfide) groups is 1. The standard InChI is InChI=1S/C11H12N2O5S/c14-10(6-19-7-11(15)16)12-5-8-2-1-3-9(4-8)13(17)18/h1-4H,5-7H2,(H,12,14)(H,15,16). The van der Waals surface area contributed by atoms with E-state index < -0.39 is 10.9 Å². The molecule has 0 aromatic heterocycles. The van der Waals surface area contributed by atoms with Gasteiger partial charge >= 0.3 is 5.97 Å². The Morgan fingerprint density at radius 3 is 2.74 bits per heavy atom. The topological polar surface area (TPSA) is 110 Å². The number of hydrogen-bond donors (Lipinski definition) is 2. The fourth-order valence-corrected chi connectivity index (χ4v) is 1.83. The largest absolute Gasteiger partial charge is 0.481 e. The summed E-state index contributed by atoms with van der Waals surface area (Å²) in [5, 5.41) is 21.5. The van der Waals surface area contributed by atoms with Crippen LogP contribution in [-0.2, 0) is 16.1 Å². The van der Waals surface area contributed by atoms with Gasteiger partial charge in [0.15, 0.2) is 0 Å². The molecule has 0 saturated carbocycles. The number of carbonyl (C=O) groups excluding carboxylic acids is 1. The third-order valence-corrected chi connectivity index (χ3v) is 2.99. The Labute approximate surface area is 113 Å². The summed E-state index contributed by atoms with van der Waals surface area (Å²) in [6.45, 7) is 0.175. The normalized spacial score (nSPS) is 9.89. The molecule has 0 spiro atoms. The van der Waals surface area contributed by atoms with Crippen LogP contribution in [0.5, 0.6) is 0 Å². The van der Waals surface area contributed by atoms with Crippen molar-refractivity contribution in [1.82, 2.24) is 5.32 Å². The second-order valence-electron chi connectivity index (χ2n) is 3.59. The van der Waals surface area contributed by atoms with Gasteiger partial charge in [-0.05, 0) is 5.56 Å². The maximum absolute atomic E-state index is 11.4. The van der Waals surface area contributed by atoms with Crippen LogP contribution >= 0.6 is 11.8 Å². The number of non-ortho nitro benzene ring substituents is 1. The van der Waals surface area contributed by atoms with E-state index in [9.17, 15) is 19.7 Å². The van der Waals surface area contributed by atoms with E-state index in [1.807, 2.05) is 0 Å². The van der Waals surface area contributed by atoms with Crippen molar-refractivity contribution in [2.24, 2.45) is 0 Å². The van der Waals surface area contributed by atoms with Crippen LogP contribution in [0.3, 0.4) is 0 Å². The lowest BCUT2D eigenvalue weighted by atomic mass is 10.2. The zero-order valence-electron chi connectivity index (χ0n) is 9.87. The number of benzene rings is 1. The maximum atomic E-state index is 11.4. The fraction of sp³-hybridized carbons (Fsp3) is 0.273. The number of nitro groups is 1. The van der Waals surface area contributed by atoms with E-state index in [4.69, 9.17) is 5.11 Å². The molecule has 0 saturated heterocycles. The molecule has 0 radical (unpaired) electrons. The minimum atomic E-state index is -0.975. The van der Waals surface area contributed by atoms with Crippen LogP contribution in [0.15, 0.2) is 24.3 Å². The van der Waals surface area contributed by atoms with Crippen LogP contribution in [0.2, 0.25) is 0 Å². The van der Waals surface area contributed by atoms with E-state index in [0.717, 1.165) is 11.8 Å². The molecule has 1 rings (SSSR count). The SMILES string of the molecule is O=C(O)CSCC(=O)NCc1cccc([N+](=O)[O-])c1. The summed E-state index contributed by atoms with van der Waals surface area (Å²) < 4.78 is 0. The molecule has 0 aliphatic heterocycles. The first-order valence-electron chi connectivity index (χ1n) is 5.28. The molecule has 7 nitrogen and oxygen atoms in total. The molecule has 0 bridgehead atoms. The Morgan fingerprint density at radius 2 is 2.11 bits per heavy atom. The smallest absolute Gasteiger partial charge is 0.313 e. The Balaban J connectivity index is 2.39. The van der Waals surface area contributed by atoms with E-state index >= 15 is 0 Å². The van der Waals surface area contributed by atoms with E-state index in [1.165, 1.54) is 12.1 Å². The number of rotatable bonds is 7. The predicted octanol–water partition coefficient (Wildman–Crippen LogP) is 1.03. The lowest BCUT2D eigenvalue weighted by Gasteiger charge is -2.04. The molecule has 0 fully saturated rings. The Hall–Kier alpha value is -2.09. The van der Waals surface area contributed by atoms with Crippen LogP contribution in [0.1, 0.15) is 5.56 Å². The number of hydrogen-bond acceptors (Lipinski definition) is 5. The monoisotopic (exact) mass is 284 g/mol. The number of nitrogens with one attached hydrogen (secondary N) is 1. The third-order valence-electron chi connectivity index (χ3n) is 2.07. The van der Waals surface area contributed by atoms with Crippen molar-refractivity contribution in [2.45, 2.75) is 6.54 Å². The van der Waals surface area contributed by atoms with E-state index in [-0.39, 0.29) is 29.6 Å². The molecule has 0 aliphatic rings. The van der Waals surface area contributed by atoms with E-state index in [1.54, 1.807) is 12.1 Å². The highest BCUT2D eigenvalue weighted by Crippen LogP contribution is 2.12. The number of nitro benzene ring substituents is 1. The molecular weight excluding hydrogens is 272 g/mol. The van der Waals surface area contributed by atoms with Crippen molar-refractivity contribution in [3.63, 3.8) is 0 Å². The molecule has 8 heteroatoms. The number of carbonyl (C=O) groups is 2. The van der Waals surface area contributed by atoms with Crippen LogP contribution in [0.25, 0.3) is 0 Å². The first kappa shape index (κ1) is 15.0. The summed E-state index contributed by atoms with van der Waals surface area (Å²) >= 11 is 0.993. The van der Waals surface area contributed by atoms with E-state index in [2.05, 4.69) is 5.32 Å². The van der Waals surface area contributed by atoms with Crippen molar-refractivity contribution >= 4 is 29.3 Å². The van der Waals surface area contributed by atoms with Gasteiger partial charge in [0.1, 0.15) is 0 Å². The summed E-state index contributed by atoms with van der Waals surface area (Å²) in [5.41, 5.74) is 0.581. The highest BCUT2D eigenvalue weighted by atomic mass is 32.2. The molecule has 0 atom stereocenters. The summed E-state index contributed by atoms with van der Waals surface area (Å²) in [6.07, 6.45) is 0. The zero-order valence-corrected chi connectivity index (χ0v) is 10.7. The lowest BCUT2D eigenvalue weighted by molar-refractivity contribution is -0.384. The number of nitrogens with zero attached hydrogens (tertiary/aromatic N) is 1. The van der Waals surface area contributed by atoms with Gasteiger partial charge in [0.2, 0.25) is 5.91 Å². The van der Waals surface area contributed by atoms with Crippen molar-refractivity contribution in [1.29, 1.82) is 0 Å². The zero-order chi connectivity index (χ0) is 14.3. The van der Waals surface area contributed by atoms with Gasteiger partial charge in [-0.3, -0.25) is 19.7 Å². The Morgan fingerprint density at radius 1 is 1.37 bits per heavy atom. The number of amides is 1. The summed E-state index contributed by atoms with van der Waals surface area (Å²) in [6, 6.07) is 5.95. The lowest BCUT2D eigenvalue weighted by Crippen LogP contribution is -2.25. The first-order valence-corrected chi connectivity index (χ1v) is 6.44. The summed E-state index contributed by atoms with van der Waals surface area (Å²) in [7, 11) is 0. The van der Waals surface area contributed by atoms with E-state index in [0.29, 0.717) is 5.56 Å². The van der Waals surface area contributed by atoms with Gasteiger partial charge in [0, 0.05) is 18.7 Å². The number of carboxylic acid groups (broad SMARTS) is 1. The van der Waals surface area contributed by atoms with Gasteiger partial charge in [-0.2, -0.15) is 0 Å². The van der Waals surface area contributed by atoms with Gasteiger partial charge in [-0.15, -0.1) is 11.8 Å². The summed E-state index contributed by atoms with van der Waals surface area (Å²) in [4.78, 5) is 31.7. The van der Waals surface area contributed by atoms with Crippen molar-refractivity contribution < 1.29 is 19.6 Å². The van der Waals surface area contributed by atoms with Crippen molar-refractivity contribution in [2.75, 3.05) is 11.5 Å². The van der Waals surface area contributed by atoms with Gasteiger partial charge in [-0.1, -0.05) is 12.1 Å². The Bertz CT molecular complexity index is 492. The van der Waals surface area contributed by atoms with Crippen LogP contribution in [-0.4, -0.2) is 33.4 Å². The predicted molar refractivity (Wildman–Crippen MR) is 69.9 cm³/mol. The molecular formula is C11H12N2O5S. The molecule has 2 N–H and O–H groups in total. The van der Waals surface area contributed by atoms with Crippen molar-refractivity contribution in [3.05, 3.63) is 39.9 Å². The molecule has 1 amide bonds. The maximum Gasteiger partial charge on any atom is 0.313 e. The van der Waals surface area contributed by atoms with Gasteiger partial charge in [-0.25, -0.2) is 0 Å². The Kier molecular flexibility index (Phi) is 5.80. The number of aliphatic carboxylic acids is 1. The fourth-order valence-electron chi connectivity index (χ4n) is 1.26. The van der Waals surface area contributed by atoms with Crippen LogP contribution in [0.4, 0.5) is 5.69 Å². The first-order chi connectivity index (χ1) is 8.99. The minimum Gasteiger partial charge on any atom is -0.481 e. The molecule has 1 aromatic rings. The average molecular weight is 284 g/mol. The average Bonchev–Trinajstić information content (AvgIpc) is 2.36. The molecule has 0 unspecified atom stereocenters. The molecule has 19 heavy (non-hydrogen) atoms. The number of carboxylic acids is 1. The van der Waals surface area contributed by atoms with Crippen LogP contribution in [0, 0.1) is 10.1 Å². The van der Waals surface area contributed by atoms with Crippen LogP contribution < -0.4 is 5.32 Å². The minimum absolute atomic E-state index is 0.0352. The highest BCUT2D eigenvalue weighted by Gasteiger charge is 2.07. The second kappa shape index (κ2) is 7.37. The van der Waals surface area contributed by atoms with Gasteiger partial charge < -0.3 is 10.4 Å². The molecule has 1 aromatic carbocycles. The second-order valence-corrected chi connectivity index (χ2v) is 4.58. The van der Waals surface area contributed by atoms with Crippen molar-refractivity contribution in [3.8, 4) is 0 Å². The molecule has 0 aliphatic carbocycles. The highest BCUT2D eigenvalue weighted by molar-refractivity contribution is 8.00. The van der Waals surface area contributed by atoms with Gasteiger partial charge in [0.05, 0.1) is 16.4 Å². The third kappa shape index (κ3) is 5.87. The molecule has 102 valence electrons. The quantitative estimate of drug-likeness (QED) is 0.571. The van der Waals surface area contributed by atoms with Gasteiger partial charge in [0.25, 0.3) is 5.69 Å². The molecule has 0 heterocycles. The summed E-state index contributed by atoms with van der Waals surface area (Å²) in [5.74, 6) is -1.37.